The molecule has 1 saturated heterocycles. The Labute approximate surface area is 160 Å². The molecule has 0 amide bonds. The first-order valence-corrected chi connectivity index (χ1v) is 9.46. The van der Waals surface area contributed by atoms with E-state index in [0.717, 1.165) is 42.1 Å². The molecule has 6 nitrogen and oxygen atoms in total. The van der Waals surface area contributed by atoms with E-state index in [-0.39, 0.29) is 11.8 Å². The highest BCUT2D eigenvalue weighted by Crippen LogP contribution is 2.28. The van der Waals surface area contributed by atoms with Gasteiger partial charge in [-0.15, -0.1) is 0 Å². The van der Waals surface area contributed by atoms with Gasteiger partial charge >= 0.3 is 0 Å². The summed E-state index contributed by atoms with van der Waals surface area (Å²) >= 11 is 0. The molecule has 6 heteroatoms. The van der Waals surface area contributed by atoms with Crippen LogP contribution in [0.25, 0.3) is 0 Å². The number of dihydropyridines is 1. The van der Waals surface area contributed by atoms with E-state index in [4.69, 9.17) is 0 Å². The SMILES string of the molecule is C[N+]1(C)CCN(C2=CC(c3ccccn3)NC(C3=CC(=O)CC=N3)=C2)CC1. The van der Waals surface area contributed by atoms with Crippen molar-refractivity contribution in [2.75, 3.05) is 40.3 Å². The van der Waals surface area contributed by atoms with E-state index in [9.17, 15) is 4.79 Å². The number of hydrogen-bond acceptors (Lipinski definition) is 5. The minimum Gasteiger partial charge on any atom is -0.371 e. The van der Waals surface area contributed by atoms with Crippen molar-refractivity contribution in [2.24, 2.45) is 4.99 Å². The van der Waals surface area contributed by atoms with E-state index in [1.54, 1.807) is 12.3 Å². The van der Waals surface area contributed by atoms with E-state index in [1.807, 2.05) is 24.4 Å². The number of rotatable bonds is 3. The van der Waals surface area contributed by atoms with Gasteiger partial charge in [-0.3, -0.25) is 14.8 Å². The second-order valence-corrected chi connectivity index (χ2v) is 7.91. The van der Waals surface area contributed by atoms with Crippen LogP contribution in [0.3, 0.4) is 0 Å². The summed E-state index contributed by atoms with van der Waals surface area (Å²) in [5.74, 6) is 0.0882. The van der Waals surface area contributed by atoms with Crippen molar-refractivity contribution in [3.05, 3.63) is 65.4 Å². The summed E-state index contributed by atoms with van der Waals surface area (Å²) in [6.07, 6.45) is 9.86. The average Bonchev–Trinajstić information content (AvgIpc) is 2.68. The summed E-state index contributed by atoms with van der Waals surface area (Å²) in [4.78, 5) is 23.3. The molecule has 27 heavy (non-hydrogen) atoms. The zero-order valence-corrected chi connectivity index (χ0v) is 15.9. The van der Waals surface area contributed by atoms with Crippen LogP contribution in [0, 0.1) is 0 Å². The number of hydrogen-bond donors (Lipinski definition) is 1. The van der Waals surface area contributed by atoms with Crippen molar-refractivity contribution >= 4 is 12.0 Å². The van der Waals surface area contributed by atoms with Crippen molar-refractivity contribution in [1.82, 2.24) is 15.2 Å². The van der Waals surface area contributed by atoms with Crippen molar-refractivity contribution in [2.45, 2.75) is 12.5 Å². The minimum atomic E-state index is -0.0428. The molecule has 0 aliphatic carbocycles. The fraction of sp³-hybridized carbons (Fsp3) is 0.381. The Kier molecular flexibility index (Phi) is 4.66. The molecule has 1 aromatic rings. The van der Waals surface area contributed by atoms with Gasteiger partial charge in [0.05, 0.1) is 63.4 Å². The van der Waals surface area contributed by atoms with Gasteiger partial charge in [-0.25, -0.2) is 0 Å². The zero-order chi connectivity index (χ0) is 18.9. The number of aromatic nitrogens is 1. The Balaban J connectivity index is 1.66. The number of ketones is 1. The second-order valence-electron chi connectivity index (χ2n) is 7.91. The third kappa shape index (κ3) is 4.01. The summed E-state index contributed by atoms with van der Waals surface area (Å²) < 4.78 is 1.05. The van der Waals surface area contributed by atoms with Gasteiger partial charge in [0.1, 0.15) is 0 Å². The van der Waals surface area contributed by atoms with Crippen molar-refractivity contribution in [1.29, 1.82) is 0 Å². The van der Waals surface area contributed by atoms with Crippen LogP contribution in [0.5, 0.6) is 0 Å². The Morgan fingerprint density at radius 2 is 2.00 bits per heavy atom. The first-order valence-electron chi connectivity index (χ1n) is 9.46. The molecular weight excluding hydrogens is 338 g/mol. The molecule has 0 saturated carbocycles. The van der Waals surface area contributed by atoms with Gasteiger partial charge in [0.2, 0.25) is 0 Å². The highest BCUT2D eigenvalue weighted by molar-refractivity contribution is 6.02. The molecule has 0 aromatic carbocycles. The first kappa shape index (κ1) is 17.7. The van der Waals surface area contributed by atoms with E-state index in [0.29, 0.717) is 12.1 Å². The normalized spacial score (nSPS) is 24.7. The van der Waals surface area contributed by atoms with Gasteiger partial charge < -0.3 is 14.7 Å². The third-order valence-corrected chi connectivity index (χ3v) is 5.36. The minimum absolute atomic E-state index is 0.0428. The molecule has 0 radical (unpaired) electrons. The van der Waals surface area contributed by atoms with Gasteiger partial charge in [-0.05, 0) is 24.3 Å². The fourth-order valence-electron chi connectivity index (χ4n) is 3.58. The smallest absolute Gasteiger partial charge is 0.163 e. The Morgan fingerprint density at radius 3 is 2.70 bits per heavy atom. The predicted octanol–water partition coefficient (Wildman–Crippen LogP) is 1.81. The maximum atomic E-state index is 11.9. The maximum absolute atomic E-state index is 11.9. The number of carbonyl (C=O) groups excluding carboxylic acids is 1. The van der Waals surface area contributed by atoms with Crippen LogP contribution in [0.1, 0.15) is 18.2 Å². The maximum Gasteiger partial charge on any atom is 0.163 e. The van der Waals surface area contributed by atoms with Crippen molar-refractivity contribution in [3.63, 3.8) is 0 Å². The number of allylic oxidation sites excluding steroid dienone is 2. The molecular formula is C21H26N5O+. The molecule has 1 fully saturated rings. The van der Waals surface area contributed by atoms with E-state index >= 15 is 0 Å². The summed E-state index contributed by atoms with van der Waals surface area (Å²) in [6, 6.07) is 5.90. The molecule has 1 N–H and O–H groups in total. The Morgan fingerprint density at radius 1 is 1.19 bits per heavy atom. The van der Waals surface area contributed by atoms with Crippen LogP contribution in [-0.4, -0.2) is 66.6 Å². The monoisotopic (exact) mass is 364 g/mol. The van der Waals surface area contributed by atoms with Crippen LogP contribution in [0.2, 0.25) is 0 Å². The molecule has 1 unspecified atom stereocenters. The molecule has 1 aromatic heterocycles. The highest BCUT2D eigenvalue weighted by Gasteiger charge is 2.28. The molecule has 3 aliphatic rings. The van der Waals surface area contributed by atoms with Crippen LogP contribution < -0.4 is 5.32 Å². The highest BCUT2D eigenvalue weighted by atomic mass is 16.1. The van der Waals surface area contributed by atoms with Crippen molar-refractivity contribution < 1.29 is 9.28 Å². The lowest BCUT2D eigenvalue weighted by molar-refractivity contribution is -0.894. The molecule has 4 rings (SSSR count). The third-order valence-electron chi connectivity index (χ3n) is 5.36. The predicted molar refractivity (Wildman–Crippen MR) is 106 cm³/mol. The lowest BCUT2D eigenvalue weighted by Gasteiger charge is -2.41. The van der Waals surface area contributed by atoms with E-state index in [2.05, 4.69) is 46.4 Å². The average molecular weight is 364 g/mol. The van der Waals surface area contributed by atoms with Gasteiger partial charge in [-0.2, -0.15) is 0 Å². The van der Waals surface area contributed by atoms with Crippen LogP contribution in [-0.2, 0) is 4.79 Å². The van der Waals surface area contributed by atoms with Gasteiger partial charge in [0, 0.05) is 30.6 Å². The summed E-state index contributed by atoms with van der Waals surface area (Å²) in [5.41, 5.74) is 3.71. The van der Waals surface area contributed by atoms with E-state index in [1.165, 1.54) is 5.70 Å². The molecule has 140 valence electrons. The van der Waals surface area contributed by atoms with Crippen molar-refractivity contribution in [3.8, 4) is 0 Å². The van der Waals surface area contributed by atoms with Crippen LogP contribution in [0.4, 0.5) is 0 Å². The lowest BCUT2D eigenvalue weighted by Crippen LogP contribution is -2.54. The molecule has 0 bridgehead atoms. The summed E-state index contributed by atoms with van der Waals surface area (Å²) in [6.45, 7) is 4.25. The molecule has 0 spiro atoms. The number of piperazine rings is 1. The number of quaternary nitrogens is 1. The molecule has 1 atom stereocenters. The number of pyridine rings is 1. The number of aliphatic imine (C=N–C) groups is 1. The van der Waals surface area contributed by atoms with Gasteiger partial charge in [-0.1, -0.05) is 6.07 Å². The van der Waals surface area contributed by atoms with Gasteiger partial charge in [0.15, 0.2) is 5.78 Å². The largest absolute Gasteiger partial charge is 0.371 e. The van der Waals surface area contributed by atoms with Crippen LogP contribution in [0.15, 0.2) is 64.7 Å². The van der Waals surface area contributed by atoms with Crippen LogP contribution >= 0.6 is 0 Å². The fourth-order valence-corrected chi connectivity index (χ4v) is 3.58. The van der Waals surface area contributed by atoms with Gasteiger partial charge in [0.25, 0.3) is 0 Å². The quantitative estimate of drug-likeness (QED) is 0.831. The molecule has 3 aliphatic heterocycles. The summed E-state index contributed by atoms with van der Waals surface area (Å²) in [7, 11) is 4.55. The number of nitrogens with zero attached hydrogens (tertiary/aromatic N) is 4. The summed E-state index contributed by atoms with van der Waals surface area (Å²) in [5, 5.41) is 3.50. The number of likely N-dealkylation sites (N-methyl/N-ethyl adjacent to an activating group) is 1. The molecule has 4 heterocycles. The number of carbonyl (C=O) groups is 1. The zero-order valence-electron chi connectivity index (χ0n) is 15.9. The number of nitrogens with one attached hydrogen (secondary N) is 1. The standard InChI is InChI=1S/C21H26N5O/c1-26(2)11-9-25(10-12-26)16-13-20(18-5-3-4-7-22-18)24-21(14-16)19-15-17(27)6-8-23-19/h3-5,7-8,13-15,20,24H,6,9-12H2,1-2H3/q+1. The second kappa shape index (κ2) is 7.12. The van der Waals surface area contributed by atoms with E-state index < -0.39 is 0 Å². The topological polar surface area (TPSA) is 57.6 Å². The Hall–Kier alpha value is -2.73. The first-order chi connectivity index (χ1) is 13.0. The lowest BCUT2D eigenvalue weighted by atomic mass is 10.0. The Bertz CT molecular complexity index is 841.